The van der Waals surface area contributed by atoms with E-state index in [2.05, 4.69) is 25.9 Å². The Morgan fingerprint density at radius 3 is 2.74 bits per heavy atom. The number of nitrogens with one attached hydrogen (secondary N) is 2. The largest absolute Gasteiger partial charge is 0.394 e. The maximum atomic E-state index is 12.2. The van der Waals surface area contributed by atoms with Crippen LogP contribution in [0.1, 0.15) is 38.3 Å². The zero-order valence-electron chi connectivity index (χ0n) is 13.6. The van der Waals surface area contributed by atoms with Crippen LogP contribution in [0.2, 0.25) is 0 Å². The van der Waals surface area contributed by atoms with Crippen molar-refractivity contribution in [3.63, 3.8) is 0 Å². The summed E-state index contributed by atoms with van der Waals surface area (Å²) in [6.07, 6.45) is 4.09. The lowest BCUT2D eigenvalue weighted by atomic mass is 9.97. The van der Waals surface area contributed by atoms with Crippen LogP contribution in [0, 0.1) is 5.92 Å². The number of nitrogens with zero attached hydrogens (tertiary/aromatic N) is 2. The van der Waals surface area contributed by atoms with Gasteiger partial charge in [-0.25, -0.2) is 9.78 Å². The van der Waals surface area contributed by atoms with Crippen LogP contribution < -0.4 is 10.6 Å². The number of aliphatic hydroxyl groups is 1. The predicted octanol–water partition coefficient (Wildman–Crippen LogP) is 1.57. The lowest BCUT2D eigenvalue weighted by molar-refractivity contribution is 0.149. The van der Waals surface area contributed by atoms with Gasteiger partial charge in [0, 0.05) is 31.1 Å². The third kappa shape index (κ3) is 4.43. The Kier molecular flexibility index (Phi) is 5.18. The Balaban J connectivity index is 1.40. The number of aromatic nitrogens is 1. The first-order valence-electron chi connectivity index (χ1n) is 8.38. The summed E-state index contributed by atoms with van der Waals surface area (Å²) in [5.41, 5.74) is 2.52. The molecule has 2 aliphatic rings. The number of rotatable bonds is 6. The Labute approximate surface area is 141 Å². The van der Waals surface area contributed by atoms with Crippen LogP contribution >= 0.6 is 11.3 Å². The minimum Gasteiger partial charge on any atom is -0.394 e. The smallest absolute Gasteiger partial charge is 0.315 e. The minimum atomic E-state index is -0.477. The lowest BCUT2D eigenvalue weighted by Crippen LogP contribution is -2.56. The second-order valence-corrected chi connectivity index (χ2v) is 7.70. The number of hydrogen-bond acceptors (Lipinski definition) is 5. The highest BCUT2D eigenvalue weighted by molar-refractivity contribution is 7.07. The highest BCUT2D eigenvalue weighted by Gasteiger charge is 2.42. The molecule has 6 nitrogen and oxygen atoms in total. The maximum Gasteiger partial charge on any atom is 0.315 e. The Bertz CT molecular complexity index is 512. The normalized spacial score (nSPS) is 22.5. The van der Waals surface area contributed by atoms with Gasteiger partial charge in [0.25, 0.3) is 0 Å². The third-order valence-electron chi connectivity index (χ3n) is 5.00. The average molecular weight is 338 g/mol. The number of amides is 2. The van der Waals surface area contributed by atoms with Crippen molar-refractivity contribution in [1.29, 1.82) is 0 Å². The molecule has 2 heterocycles. The first-order chi connectivity index (χ1) is 11.1. The van der Waals surface area contributed by atoms with Crippen molar-refractivity contribution in [2.24, 2.45) is 5.92 Å². The van der Waals surface area contributed by atoms with E-state index in [4.69, 9.17) is 0 Å². The number of thiazole rings is 1. The monoisotopic (exact) mass is 338 g/mol. The Morgan fingerprint density at radius 2 is 2.17 bits per heavy atom. The van der Waals surface area contributed by atoms with Gasteiger partial charge in [-0.3, -0.25) is 4.90 Å². The standard InChI is InChI=1S/C16H26N4O2S/c1-16(10-21,12-2-3-12)19-15(22)18-13-4-6-20(7-5-13)8-14-9-23-11-17-14/h9,11-13,21H,2-8,10H2,1H3,(H2,18,19,22)/t16-/m1/s1. The van der Waals surface area contributed by atoms with Crippen molar-refractivity contribution in [2.75, 3.05) is 19.7 Å². The number of likely N-dealkylation sites (tertiary alicyclic amines) is 1. The van der Waals surface area contributed by atoms with E-state index in [1.165, 1.54) is 0 Å². The fraction of sp³-hybridized carbons (Fsp3) is 0.750. The maximum absolute atomic E-state index is 12.2. The number of piperidine rings is 1. The van der Waals surface area contributed by atoms with Crippen molar-refractivity contribution < 1.29 is 9.90 Å². The first kappa shape index (κ1) is 16.7. The molecule has 1 saturated heterocycles. The van der Waals surface area contributed by atoms with Crippen LogP contribution in [-0.2, 0) is 6.54 Å². The molecule has 1 aliphatic carbocycles. The van der Waals surface area contributed by atoms with Gasteiger partial charge in [0.15, 0.2) is 0 Å². The fourth-order valence-corrected chi connectivity index (χ4v) is 3.80. The summed E-state index contributed by atoms with van der Waals surface area (Å²) in [7, 11) is 0. The number of carbonyl (C=O) groups excluding carboxylic acids is 1. The van der Waals surface area contributed by atoms with Crippen LogP contribution in [0.25, 0.3) is 0 Å². The number of hydrogen-bond donors (Lipinski definition) is 3. The first-order valence-corrected chi connectivity index (χ1v) is 9.32. The molecule has 2 fully saturated rings. The predicted molar refractivity (Wildman–Crippen MR) is 90.3 cm³/mol. The van der Waals surface area contributed by atoms with Crippen LogP contribution in [0.15, 0.2) is 10.9 Å². The van der Waals surface area contributed by atoms with E-state index in [0.29, 0.717) is 5.92 Å². The van der Waals surface area contributed by atoms with Crippen LogP contribution in [-0.4, -0.2) is 52.3 Å². The number of urea groups is 1. The lowest BCUT2D eigenvalue weighted by Gasteiger charge is -2.34. The molecule has 0 unspecified atom stereocenters. The minimum absolute atomic E-state index is 0.00281. The van der Waals surface area contributed by atoms with E-state index >= 15 is 0 Å². The van der Waals surface area contributed by atoms with E-state index in [9.17, 15) is 9.90 Å². The van der Waals surface area contributed by atoms with Gasteiger partial charge in [0.05, 0.1) is 23.4 Å². The zero-order valence-corrected chi connectivity index (χ0v) is 14.4. The van der Waals surface area contributed by atoms with E-state index in [1.54, 1.807) is 11.3 Å². The molecule has 0 aromatic carbocycles. The van der Waals surface area contributed by atoms with Crippen molar-refractivity contribution >= 4 is 17.4 Å². The number of carbonyl (C=O) groups is 1. The SMILES string of the molecule is C[C@](CO)(NC(=O)NC1CCN(Cc2cscn2)CC1)C1CC1. The van der Waals surface area contributed by atoms with E-state index < -0.39 is 5.54 Å². The molecule has 2 amide bonds. The fourth-order valence-electron chi connectivity index (χ4n) is 3.25. The van der Waals surface area contributed by atoms with Gasteiger partial charge in [-0.05, 0) is 38.5 Å². The summed E-state index contributed by atoms with van der Waals surface area (Å²) in [5, 5.41) is 17.7. The van der Waals surface area contributed by atoms with Gasteiger partial charge in [-0.15, -0.1) is 11.3 Å². The second kappa shape index (κ2) is 7.15. The molecule has 128 valence electrons. The van der Waals surface area contributed by atoms with Crippen molar-refractivity contribution in [3.8, 4) is 0 Å². The second-order valence-electron chi connectivity index (χ2n) is 6.98. The van der Waals surface area contributed by atoms with Crippen LogP contribution in [0.3, 0.4) is 0 Å². The highest BCUT2D eigenvalue weighted by atomic mass is 32.1. The molecule has 0 bridgehead atoms. The molecular formula is C16H26N4O2S. The number of aliphatic hydroxyl groups excluding tert-OH is 1. The molecule has 1 aromatic heterocycles. The van der Waals surface area contributed by atoms with Gasteiger partial charge in [-0.2, -0.15) is 0 Å². The van der Waals surface area contributed by atoms with Gasteiger partial charge in [0.2, 0.25) is 0 Å². The van der Waals surface area contributed by atoms with E-state index in [0.717, 1.165) is 51.0 Å². The average Bonchev–Trinajstić information content (AvgIpc) is 3.28. The topological polar surface area (TPSA) is 77.5 Å². The van der Waals surface area contributed by atoms with Crippen molar-refractivity contribution in [3.05, 3.63) is 16.6 Å². The molecule has 3 N–H and O–H groups in total. The summed E-state index contributed by atoms with van der Waals surface area (Å²) in [6.45, 7) is 4.77. The molecule has 7 heteroatoms. The molecule has 1 saturated carbocycles. The molecule has 1 atom stereocenters. The molecule has 0 radical (unpaired) electrons. The summed E-state index contributed by atoms with van der Waals surface area (Å²) >= 11 is 1.63. The summed E-state index contributed by atoms with van der Waals surface area (Å²) in [5.74, 6) is 0.415. The van der Waals surface area contributed by atoms with Gasteiger partial charge < -0.3 is 15.7 Å². The highest BCUT2D eigenvalue weighted by Crippen LogP contribution is 2.39. The van der Waals surface area contributed by atoms with Gasteiger partial charge >= 0.3 is 6.03 Å². The van der Waals surface area contributed by atoms with Gasteiger partial charge in [-0.1, -0.05) is 0 Å². The molecular weight excluding hydrogens is 312 g/mol. The summed E-state index contributed by atoms with van der Waals surface area (Å²) in [4.78, 5) is 18.9. The molecule has 1 aliphatic heterocycles. The summed E-state index contributed by atoms with van der Waals surface area (Å²) in [6, 6.07) is 0.0650. The quantitative estimate of drug-likeness (QED) is 0.736. The van der Waals surface area contributed by atoms with E-state index in [-0.39, 0.29) is 18.7 Å². The third-order valence-corrected chi connectivity index (χ3v) is 5.63. The van der Waals surface area contributed by atoms with Crippen LogP contribution in [0.5, 0.6) is 0 Å². The van der Waals surface area contributed by atoms with E-state index in [1.807, 2.05) is 12.4 Å². The zero-order chi connectivity index (χ0) is 16.3. The van der Waals surface area contributed by atoms with Crippen molar-refractivity contribution in [2.45, 2.75) is 50.7 Å². The Morgan fingerprint density at radius 1 is 1.43 bits per heavy atom. The van der Waals surface area contributed by atoms with Crippen molar-refractivity contribution in [1.82, 2.24) is 20.5 Å². The Hall–Kier alpha value is -1.18. The molecule has 3 rings (SSSR count). The molecule has 23 heavy (non-hydrogen) atoms. The van der Waals surface area contributed by atoms with Crippen LogP contribution in [0.4, 0.5) is 4.79 Å². The van der Waals surface area contributed by atoms with Gasteiger partial charge in [0.1, 0.15) is 0 Å². The summed E-state index contributed by atoms with van der Waals surface area (Å²) < 4.78 is 0. The molecule has 0 spiro atoms. The molecule has 1 aromatic rings.